The lowest BCUT2D eigenvalue weighted by molar-refractivity contribution is -0.124. The van der Waals surface area contributed by atoms with Crippen LogP contribution in [0.3, 0.4) is 0 Å². The van der Waals surface area contributed by atoms with Crippen molar-refractivity contribution in [1.82, 2.24) is 20.2 Å². The smallest absolute Gasteiger partial charge is 0.293 e. The van der Waals surface area contributed by atoms with E-state index in [0.29, 0.717) is 40.9 Å². The van der Waals surface area contributed by atoms with Crippen molar-refractivity contribution in [3.05, 3.63) is 75.2 Å². The van der Waals surface area contributed by atoms with Crippen LogP contribution in [0.15, 0.2) is 42.6 Å². The van der Waals surface area contributed by atoms with Crippen LogP contribution in [0.25, 0.3) is 11.3 Å². The average molecular weight is 484 g/mol. The lowest BCUT2D eigenvalue weighted by atomic mass is 10.0. The van der Waals surface area contributed by atoms with Gasteiger partial charge in [-0.25, -0.2) is 9.97 Å². The van der Waals surface area contributed by atoms with E-state index < -0.39 is 5.91 Å². The first-order chi connectivity index (χ1) is 15.8. The molecular formula is C24H23Cl2N5O2. The first-order valence-electron chi connectivity index (χ1n) is 10.5. The van der Waals surface area contributed by atoms with Gasteiger partial charge in [-0.2, -0.15) is 0 Å². The molecule has 0 spiro atoms. The van der Waals surface area contributed by atoms with E-state index in [4.69, 9.17) is 23.2 Å². The highest BCUT2D eigenvalue weighted by molar-refractivity contribution is 6.35. The van der Waals surface area contributed by atoms with Crippen molar-refractivity contribution < 1.29 is 9.59 Å². The summed E-state index contributed by atoms with van der Waals surface area (Å²) in [6.45, 7) is 6.42. The minimum Gasteiger partial charge on any atom is -0.354 e. The van der Waals surface area contributed by atoms with Gasteiger partial charge in [0.05, 0.1) is 17.3 Å². The number of carbonyl (C=O) groups is 2. The Labute approximate surface area is 202 Å². The van der Waals surface area contributed by atoms with Crippen LogP contribution < -0.4 is 10.6 Å². The monoisotopic (exact) mass is 483 g/mol. The molecule has 9 heteroatoms. The predicted molar refractivity (Wildman–Crippen MR) is 130 cm³/mol. The number of nitrogens with zero attached hydrogens (tertiary/aromatic N) is 3. The van der Waals surface area contributed by atoms with Gasteiger partial charge in [-0.15, -0.1) is 0 Å². The highest BCUT2D eigenvalue weighted by atomic mass is 35.5. The van der Waals surface area contributed by atoms with Gasteiger partial charge < -0.3 is 10.6 Å². The number of carbonyl (C=O) groups excluding carboxylic acids is 2. The maximum atomic E-state index is 12.9. The molecule has 7 nitrogen and oxygen atoms in total. The average Bonchev–Trinajstić information content (AvgIpc) is 2.78. The van der Waals surface area contributed by atoms with Crippen molar-refractivity contribution in [2.75, 3.05) is 25.0 Å². The normalized spacial score (nSPS) is 14.1. The van der Waals surface area contributed by atoms with Gasteiger partial charge in [0.15, 0.2) is 0 Å². The molecule has 0 unspecified atom stereocenters. The predicted octanol–water partition coefficient (Wildman–Crippen LogP) is 4.25. The minimum atomic E-state index is -0.415. The highest BCUT2D eigenvalue weighted by Crippen LogP contribution is 2.29. The van der Waals surface area contributed by atoms with Crippen LogP contribution in [0, 0.1) is 13.8 Å². The maximum Gasteiger partial charge on any atom is 0.293 e. The summed E-state index contributed by atoms with van der Waals surface area (Å²) in [5.41, 5.74) is 4.80. The van der Waals surface area contributed by atoms with Gasteiger partial charge >= 0.3 is 0 Å². The zero-order chi connectivity index (χ0) is 23.5. The number of amides is 2. The van der Waals surface area contributed by atoms with Crippen LogP contribution in [0.5, 0.6) is 0 Å². The van der Waals surface area contributed by atoms with Gasteiger partial charge in [0.2, 0.25) is 11.7 Å². The van der Waals surface area contributed by atoms with Crippen LogP contribution in [-0.4, -0.2) is 46.3 Å². The van der Waals surface area contributed by atoms with Gasteiger partial charge in [-0.05, 0) is 54.8 Å². The Kier molecular flexibility index (Phi) is 6.93. The van der Waals surface area contributed by atoms with E-state index in [1.807, 2.05) is 26.0 Å². The number of nitrogens with one attached hydrogen (secondary N) is 2. The lowest BCUT2D eigenvalue weighted by Crippen LogP contribution is -2.47. The third kappa shape index (κ3) is 5.50. The summed E-state index contributed by atoms with van der Waals surface area (Å²) in [7, 11) is 0. The van der Waals surface area contributed by atoms with Crippen molar-refractivity contribution in [3.63, 3.8) is 0 Å². The maximum absolute atomic E-state index is 12.9. The van der Waals surface area contributed by atoms with Crippen LogP contribution in [-0.2, 0) is 11.3 Å². The summed E-state index contributed by atoms with van der Waals surface area (Å²) in [5, 5.41) is 6.78. The summed E-state index contributed by atoms with van der Waals surface area (Å²) >= 11 is 12.4. The Balaban J connectivity index is 1.53. The fraction of sp³-hybridized carbons (Fsp3) is 0.250. The first kappa shape index (κ1) is 23.2. The van der Waals surface area contributed by atoms with Gasteiger partial charge in [0.25, 0.3) is 5.91 Å². The summed E-state index contributed by atoms with van der Waals surface area (Å²) in [6, 6.07) is 10.8. The van der Waals surface area contributed by atoms with Crippen molar-refractivity contribution in [2.45, 2.75) is 20.4 Å². The van der Waals surface area contributed by atoms with E-state index in [9.17, 15) is 9.59 Å². The zero-order valence-corrected chi connectivity index (χ0v) is 19.8. The molecule has 33 heavy (non-hydrogen) atoms. The van der Waals surface area contributed by atoms with Gasteiger partial charge in [0, 0.05) is 42.1 Å². The van der Waals surface area contributed by atoms with Crippen molar-refractivity contribution in [1.29, 1.82) is 0 Å². The first-order valence-corrected chi connectivity index (χ1v) is 11.2. The highest BCUT2D eigenvalue weighted by Gasteiger charge is 2.18. The lowest BCUT2D eigenvalue weighted by Gasteiger charge is -2.27. The molecule has 4 rings (SSSR count). The molecular weight excluding hydrogens is 461 g/mol. The zero-order valence-electron chi connectivity index (χ0n) is 18.3. The Morgan fingerprint density at radius 3 is 2.64 bits per heavy atom. The number of hydrogen-bond donors (Lipinski definition) is 2. The number of benzene rings is 2. The van der Waals surface area contributed by atoms with Crippen LogP contribution >= 0.6 is 23.2 Å². The van der Waals surface area contributed by atoms with E-state index in [0.717, 1.165) is 28.9 Å². The fourth-order valence-electron chi connectivity index (χ4n) is 3.91. The van der Waals surface area contributed by atoms with Crippen molar-refractivity contribution in [3.8, 4) is 11.3 Å². The molecule has 1 fully saturated rings. The second kappa shape index (κ2) is 9.87. The number of piperazine rings is 1. The van der Waals surface area contributed by atoms with E-state index in [1.54, 1.807) is 24.3 Å². The Morgan fingerprint density at radius 1 is 1.15 bits per heavy atom. The summed E-state index contributed by atoms with van der Waals surface area (Å²) in [5.74, 6) is -0.340. The second-order valence-electron chi connectivity index (χ2n) is 8.01. The number of hydrogen-bond acceptors (Lipinski definition) is 5. The van der Waals surface area contributed by atoms with E-state index >= 15 is 0 Å². The van der Waals surface area contributed by atoms with Gasteiger partial charge in [0.1, 0.15) is 0 Å². The van der Waals surface area contributed by atoms with Gasteiger partial charge in [-0.3, -0.25) is 14.5 Å². The minimum absolute atomic E-state index is 0.0331. The number of aryl methyl sites for hydroxylation is 2. The standard InChI is InChI=1S/C24H23Cl2N5O2/c1-14-9-16(12-31-8-7-27-21(32)13-31)10-15(2)22(14)30-24(33)23-28-6-5-20(29-23)18-11-17(25)3-4-19(18)26/h3-6,9-11H,7-8,12-13H2,1-2H3,(H,27,32)(H,30,33). The summed E-state index contributed by atoms with van der Waals surface area (Å²) in [4.78, 5) is 35.2. The third-order valence-corrected chi connectivity index (χ3v) is 5.98. The molecule has 1 aliphatic heterocycles. The number of aromatic nitrogens is 2. The van der Waals surface area contributed by atoms with Crippen LogP contribution in [0.1, 0.15) is 27.3 Å². The molecule has 2 amide bonds. The van der Waals surface area contributed by atoms with E-state index in [1.165, 1.54) is 6.20 Å². The summed E-state index contributed by atoms with van der Waals surface area (Å²) in [6.07, 6.45) is 1.52. The van der Waals surface area contributed by atoms with Crippen LogP contribution in [0.2, 0.25) is 10.0 Å². The molecule has 0 aliphatic carbocycles. The molecule has 0 radical (unpaired) electrons. The Bertz CT molecular complexity index is 1210. The number of rotatable bonds is 5. The molecule has 2 aromatic carbocycles. The Morgan fingerprint density at radius 2 is 1.91 bits per heavy atom. The van der Waals surface area contributed by atoms with Crippen molar-refractivity contribution >= 4 is 40.7 Å². The fourth-order valence-corrected chi connectivity index (χ4v) is 4.29. The molecule has 0 atom stereocenters. The second-order valence-corrected chi connectivity index (χ2v) is 8.85. The summed E-state index contributed by atoms with van der Waals surface area (Å²) < 4.78 is 0. The molecule has 1 saturated heterocycles. The SMILES string of the molecule is Cc1cc(CN2CCNC(=O)C2)cc(C)c1NC(=O)c1nccc(-c2cc(Cl)ccc2Cl)n1. The molecule has 2 N–H and O–H groups in total. The van der Waals surface area contributed by atoms with Crippen molar-refractivity contribution in [2.24, 2.45) is 0 Å². The van der Waals surface area contributed by atoms with Gasteiger partial charge in [-0.1, -0.05) is 35.3 Å². The molecule has 1 aliphatic rings. The molecule has 1 aromatic heterocycles. The molecule has 0 bridgehead atoms. The topological polar surface area (TPSA) is 87.2 Å². The molecule has 170 valence electrons. The van der Waals surface area contributed by atoms with E-state index in [2.05, 4.69) is 25.5 Å². The third-order valence-electron chi connectivity index (χ3n) is 5.42. The van der Waals surface area contributed by atoms with E-state index in [-0.39, 0.29) is 11.7 Å². The largest absolute Gasteiger partial charge is 0.354 e. The Hall–Kier alpha value is -3.00. The molecule has 3 aromatic rings. The molecule has 2 heterocycles. The molecule has 0 saturated carbocycles. The quantitative estimate of drug-likeness (QED) is 0.566. The number of halogens is 2. The number of anilines is 1. The van der Waals surface area contributed by atoms with Crippen LogP contribution in [0.4, 0.5) is 5.69 Å².